The molecule has 0 atom stereocenters. The number of guanidine groups is 1. The van der Waals surface area contributed by atoms with Gasteiger partial charge in [0.2, 0.25) is 0 Å². The van der Waals surface area contributed by atoms with Crippen molar-refractivity contribution < 1.29 is 4.74 Å². The average Bonchev–Trinajstić information content (AvgIpc) is 2.40. The van der Waals surface area contributed by atoms with E-state index in [0.717, 1.165) is 24.4 Å². The molecular formula is C15H25N3OS. The third-order valence-electron chi connectivity index (χ3n) is 2.54. The van der Waals surface area contributed by atoms with Gasteiger partial charge in [0, 0.05) is 12.2 Å². The Bertz CT molecular complexity index is 404. The normalized spacial score (nSPS) is 11.7. The van der Waals surface area contributed by atoms with Crippen molar-refractivity contribution >= 4 is 23.4 Å². The van der Waals surface area contributed by atoms with E-state index in [1.807, 2.05) is 49.9 Å². The van der Waals surface area contributed by atoms with Crippen molar-refractivity contribution in [3.05, 3.63) is 24.3 Å². The summed E-state index contributed by atoms with van der Waals surface area (Å²) in [6, 6.07) is 7.73. The van der Waals surface area contributed by atoms with Crippen LogP contribution in [-0.4, -0.2) is 30.6 Å². The van der Waals surface area contributed by atoms with Crippen molar-refractivity contribution in [2.24, 2.45) is 10.7 Å². The fourth-order valence-electron chi connectivity index (χ4n) is 1.63. The van der Waals surface area contributed by atoms with Gasteiger partial charge in [0.15, 0.2) is 5.96 Å². The third-order valence-corrected chi connectivity index (χ3v) is 3.23. The topological polar surface area (TPSA) is 59.6 Å². The summed E-state index contributed by atoms with van der Waals surface area (Å²) in [4.78, 5) is 4.30. The van der Waals surface area contributed by atoms with E-state index in [4.69, 9.17) is 10.5 Å². The lowest BCUT2D eigenvalue weighted by Crippen LogP contribution is -2.22. The molecule has 0 aliphatic rings. The Morgan fingerprint density at radius 1 is 1.30 bits per heavy atom. The molecule has 112 valence electrons. The number of anilines is 1. The molecule has 0 saturated carbocycles. The molecule has 5 heteroatoms. The molecular weight excluding hydrogens is 270 g/mol. The number of benzene rings is 1. The monoisotopic (exact) mass is 295 g/mol. The second-order valence-corrected chi connectivity index (χ2v) is 5.77. The van der Waals surface area contributed by atoms with Crippen LogP contribution in [0.15, 0.2) is 29.3 Å². The van der Waals surface area contributed by atoms with E-state index in [9.17, 15) is 0 Å². The van der Waals surface area contributed by atoms with Crippen LogP contribution in [0.25, 0.3) is 0 Å². The van der Waals surface area contributed by atoms with Gasteiger partial charge in [-0.05, 0) is 63.0 Å². The van der Waals surface area contributed by atoms with Gasteiger partial charge in [0.25, 0.3) is 0 Å². The molecule has 0 bridgehead atoms. The van der Waals surface area contributed by atoms with Gasteiger partial charge < -0.3 is 15.8 Å². The maximum Gasteiger partial charge on any atom is 0.193 e. The van der Waals surface area contributed by atoms with Gasteiger partial charge in [-0.25, -0.2) is 0 Å². The molecule has 0 unspecified atom stereocenters. The number of hydrogen-bond acceptors (Lipinski definition) is 3. The quantitative estimate of drug-likeness (QED) is 0.439. The van der Waals surface area contributed by atoms with Gasteiger partial charge in [-0.15, -0.1) is 0 Å². The van der Waals surface area contributed by atoms with Gasteiger partial charge >= 0.3 is 0 Å². The number of unbranched alkanes of at least 4 members (excludes halogenated alkanes) is 1. The standard InChI is InChI=1S/C15H25N3OS/c1-12(2)19-14-8-6-13(7-9-14)18-15(16)17-10-4-5-11-20-3/h6-9,12H,4-5,10-11H2,1-3H3,(H3,16,17,18). The van der Waals surface area contributed by atoms with Crippen LogP contribution >= 0.6 is 11.8 Å². The van der Waals surface area contributed by atoms with E-state index in [-0.39, 0.29) is 6.10 Å². The molecule has 1 aromatic carbocycles. The molecule has 0 aromatic heterocycles. The molecule has 0 saturated heterocycles. The number of rotatable bonds is 8. The molecule has 0 aliphatic carbocycles. The lowest BCUT2D eigenvalue weighted by Gasteiger charge is -2.10. The van der Waals surface area contributed by atoms with Crippen molar-refractivity contribution in [1.82, 2.24) is 0 Å². The lowest BCUT2D eigenvalue weighted by molar-refractivity contribution is 0.242. The summed E-state index contributed by atoms with van der Waals surface area (Å²) in [5.74, 6) is 2.50. The average molecular weight is 295 g/mol. The second-order valence-electron chi connectivity index (χ2n) is 4.78. The van der Waals surface area contributed by atoms with Crippen molar-refractivity contribution in [3.8, 4) is 5.75 Å². The maximum absolute atomic E-state index is 5.84. The van der Waals surface area contributed by atoms with Crippen LogP contribution in [0.2, 0.25) is 0 Å². The van der Waals surface area contributed by atoms with Crippen molar-refractivity contribution in [3.63, 3.8) is 0 Å². The highest BCUT2D eigenvalue weighted by Gasteiger charge is 1.99. The lowest BCUT2D eigenvalue weighted by atomic mass is 10.3. The number of nitrogens with one attached hydrogen (secondary N) is 1. The number of hydrogen-bond donors (Lipinski definition) is 2. The third kappa shape index (κ3) is 7.28. The summed E-state index contributed by atoms with van der Waals surface area (Å²) in [7, 11) is 0. The Morgan fingerprint density at radius 2 is 2.00 bits per heavy atom. The summed E-state index contributed by atoms with van der Waals surface area (Å²) in [5, 5.41) is 3.08. The van der Waals surface area contributed by atoms with Crippen LogP contribution in [0.4, 0.5) is 5.69 Å². The molecule has 1 aromatic rings. The number of nitrogens with zero attached hydrogens (tertiary/aromatic N) is 1. The zero-order valence-electron chi connectivity index (χ0n) is 12.6. The highest BCUT2D eigenvalue weighted by Crippen LogP contribution is 2.16. The molecule has 0 aliphatic heterocycles. The summed E-state index contributed by atoms with van der Waals surface area (Å²) in [5.41, 5.74) is 6.76. The Kier molecular flexibility index (Phi) is 7.95. The molecule has 20 heavy (non-hydrogen) atoms. The Labute approximate surface area is 126 Å². The van der Waals surface area contributed by atoms with E-state index >= 15 is 0 Å². The van der Waals surface area contributed by atoms with Gasteiger partial charge in [-0.1, -0.05) is 0 Å². The van der Waals surface area contributed by atoms with E-state index < -0.39 is 0 Å². The summed E-state index contributed by atoms with van der Waals surface area (Å²) < 4.78 is 5.59. The Morgan fingerprint density at radius 3 is 2.60 bits per heavy atom. The van der Waals surface area contributed by atoms with Gasteiger partial charge in [0.05, 0.1) is 6.10 Å². The largest absolute Gasteiger partial charge is 0.491 e. The molecule has 1 rings (SSSR count). The number of aliphatic imine (C=N–C) groups is 1. The van der Waals surface area contributed by atoms with Crippen LogP contribution in [-0.2, 0) is 0 Å². The first-order valence-electron chi connectivity index (χ1n) is 6.94. The van der Waals surface area contributed by atoms with E-state index in [0.29, 0.717) is 5.96 Å². The van der Waals surface area contributed by atoms with Crippen molar-refractivity contribution in [1.29, 1.82) is 0 Å². The predicted molar refractivity (Wildman–Crippen MR) is 89.9 cm³/mol. The minimum atomic E-state index is 0.182. The maximum atomic E-state index is 5.84. The minimum absolute atomic E-state index is 0.182. The van der Waals surface area contributed by atoms with E-state index in [1.165, 1.54) is 12.2 Å². The summed E-state index contributed by atoms with van der Waals surface area (Å²) >= 11 is 1.86. The first-order valence-corrected chi connectivity index (χ1v) is 8.34. The minimum Gasteiger partial charge on any atom is -0.491 e. The van der Waals surface area contributed by atoms with E-state index in [2.05, 4.69) is 16.6 Å². The fourth-order valence-corrected chi connectivity index (χ4v) is 2.13. The second kappa shape index (κ2) is 9.53. The highest BCUT2D eigenvalue weighted by molar-refractivity contribution is 7.98. The van der Waals surface area contributed by atoms with Gasteiger partial charge in [-0.3, -0.25) is 4.99 Å². The van der Waals surface area contributed by atoms with Gasteiger partial charge in [-0.2, -0.15) is 11.8 Å². The smallest absolute Gasteiger partial charge is 0.193 e. The molecule has 0 amide bonds. The zero-order valence-corrected chi connectivity index (χ0v) is 13.4. The molecule has 0 heterocycles. The first kappa shape index (κ1) is 16.7. The molecule has 0 spiro atoms. The Hall–Kier alpha value is -1.36. The van der Waals surface area contributed by atoms with Crippen LogP contribution in [0.3, 0.4) is 0 Å². The summed E-state index contributed by atoms with van der Waals surface area (Å²) in [6.45, 7) is 4.79. The predicted octanol–water partition coefficient (Wildman–Crippen LogP) is 3.34. The van der Waals surface area contributed by atoms with Crippen LogP contribution < -0.4 is 15.8 Å². The number of thioether (sulfide) groups is 1. The van der Waals surface area contributed by atoms with Crippen LogP contribution in [0.5, 0.6) is 5.75 Å². The Balaban J connectivity index is 2.37. The SMILES string of the molecule is CSCCCCN=C(N)Nc1ccc(OC(C)C)cc1. The zero-order chi connectivity index (χ0) is 14.8. The van der Waals surface area contributed by atoms with Crippen LogP contribution in [0.1, 0.15) is 26.7 Å². The van der Waals surface area contributed by atoms with E-state index in [1.54, 1.807) is 0 Å². The van der Waals surface area contributed by atoms with Crippen molar-refractivity contribution in [2.75, 3.05) is 23.9 Å². The fraction of sp³-hybridized carbons (Fsp3) is 0.533. The van der Waals surface area contributed by atoms with Crippen molar-refractivity contribution in [2.45, 2.75) is 32.8 Å². The molecule has 0 fully saturated rings. The first-order chi connectivity index (χ1) is 9.61. The molecule has 4 nitrogen and oxygen atoms in total. The van der Waals surface area contributed by atoms with Crippen LogP contribution in [0, 0.1) is 0 Å². The number of nitrogens with two attached hydrogens (primary N) is 1. The molecule has 3 N–H and O–H groups in total. The summed E-state index contributed by atoms with van der Waals surface area (Å²) in [6.07, 6.45) is 4.55. The number of ether oxygens (including phenoxy) is 1. The molecule has 0 radical (unpaired) electrons. The highest BCUT2D eigenvalue weighted by atomic mass is 32.2. The van der Waals surface area contributed by atoms with Gasteiger partial charge in [0.1, 0.15) is 5.75 Å².